The fraction of sp³-hybridized carbons (Fsp3) is 0.133. The van der Waals surface area contributed by atoms with Crippen LogP contribution in [0.3, 0.4) is 0 Å². The van der Waals surface area contributed by atoms with Gasteiger partial charge in [0.2, 0.25) is 0 Å². The lowest BCUT2D eigenvalue weighted by molar-refractivity contribution is 0.0987. The second kappa shape index (κ2) is 5.04. The molecule has 2 heterocycles. The van der Waals surface area contributed by atoms with Gasteiger partial charge < -0.3 is 0 Å². The standard InChI is InChI=1S/C15H12OS2/c16-13(6-5-11-7-8-17-10-11)15-9-12-3-1-2-4-14(12)18-15/h1-4,7-10H,5-6H2. The van der Waals surface area contributed by atoms with Crippen molar-refractivity contribution < 1.29 is 4.79 Å². The molecule has 0 amide bonds. The minimum absolute atomic E-state index is 0.252. The number of hydrogen-bond donors (Lipinski definition) is 0. The molecule has 0 spiro atoms. The van der Waals surface area contributed by atoms with Gasteiger partial charge in [0.05, 0.1) is 4.88 Å². The molecule has 3 aromatic rings. The third-order valence-electron chi connectivity index (χ3n) is 2.92. The van der Waals surface area contributed by atoms with E-state index in [1.54, 1.807) is 22.7 Å². The van der Waals surface area contributed by atoms with Gasteiger partial charge in [0.15, 0.2) is 5.78 Å². The Balaban J connectivity index is 1.75. The molecule has 0 aliphatic carbocycles. The van der Waals surface area contributed by atoms with E-state index in [4.69, 9.17) is 0 Å². The number of ketones is 1. The zero-order chi connectivity index (χ0) is 12.4. The molecule has 1 aromatic carbocycles. The van der Waals surface area contributed by atoms with Crippen LogP contribution in [0.2, 0.25) is 0 Å². The van der Waals surface area contributed by atoms with Gasteiger partial charge in [0.25, 0.3) is 0 Å². The molecule has 0 atom stereocenters. The van der Waals surface area contributed by atoms with Crippen molar-refractivity contribution in [2.24, 2.45) is 0 Å². The molecule has 0 unspecified atom stereocenters. The average molecular weight is 272 g/mol. The third kappa shape index (κ3) is 2.37. The van der Waals surface area contributed by atoms with Crippen LogP contribution in [0.15, 0.2) is 47.2 Å². The van der Waals surface area contributed by atoms with Crippen molar-refractivity contribution >= 4 is 38.5 Å². The largest absolute Gasteiger partial charge is 0.293 e. The molecular weight excluding hydrogens is 260 g/mol. The summed E-state index contributed by atoms with van der Waals surface area (Å²) in [5, 5.41) is 5.33. The lowest BCUT2D eigenvalue weighted by atomic mass is 10.1. The Hall–Kier alpha value is -1.45. The number of hydrogen-bond acceptors (Lipinski definition) is 3. The molecule has 18 heavy (non-hydrogen) atoms. The molecule has 0 saturated carbocycles. The summed E-state index contributed by atoms with van der Waals surface area (Å²) in [5.74, 6) is 0.252. The van der Waals surface area contributed by atoms with Crippen LogP contribution in [0.5, 0.6) is 0 Å². The minimum atomic E-state index is 0.252. The second-order valence-electron chi connectivity index (χ2n) is 4.20. The van der Waals surface area contributed by atoms with Crippen molar-refractivity contribution in [1.29, 1.82) is 0 Å². The molecule has 3 heteroatoms. The van der Waals surface area contributed by atoms with E-state index in [2.05, 4.69) is 29.0 Å². The van der Waals surface area contributed by atoms with Crippen molar-refractivity contribution in [2.45, 2.75) is 12.8 Å². The van der Waals surface area contributed by atoms with Gasteiger partial charge in [0, 0.05) is 11.1 Å². The Morgan fingerprint density at radius 1 is 1.17 bits per heavy atom. The first-order valence-corrected chi connectivity index (χ1v) is 7.62. The van der Waals surface area contributed by atoms with Crippen LogP contribution < -0.4 is 0 Å². The lowest BCUT2D eigenvalue weighted by Gasteiger charge is -1.95. The normalized spacial score (nSPS) is 10.9. The highest BCUT2D eigenvalue weighted by Crippen LogP contribution is 2.26. The molecule has 0 fully saturated rings. The zero-order valence-corrected chi connectivity index (χ0v) is 11.4. The third-order valence-corrected chi connectivity index (χ3v) is 4.81. The second-order valence-corrected chi connectivity index (χ2v) is 6.07. The summed E-state index contributed by atoms with van der Waals surface area (Å²) in [5.41, 5.74) is 1.26. The van der Waals surface area contributed by atoms with E-state index in [0.29, 0.717) is 6.42 Å². The molecule has 2 aromatic heterocycles. The summed E-state index contributed by atoms with van der Waals surface area (Å²) in [6, 6.07) is 12.2. The first kappa shape index (κ1) is 11.6. The van der Waals surface area contributed by atoms with Crippen molar-refractivity contribution in [3.05, 3.63) is 57.6 Å². The van der Waals surface area contributed by atoms with Gasteiger partial charge in [-0.3, -0.25) is 4.79 Å². The Morgan fingerprint density at radius 2 is 2.06 bits per heavy atom. The maximum absolute atomic E-state index is 12.1. The Labute approximate surface area is 114 Å². The van der Waals surface area contributed by atoms with E-state index >= 15 is 0 Å². The van der Waals surface area contributed by atoms with E-state index in [-0.39, 0.29) is 5.78 Å². The molecule has 3 rings (SSSR count). The number of carbonyl (C=O) groups is 1. The summed E-state index contributed by atoms with van der Waals surface area (Å²) >= 11 is 3.28. The quantitative estimate of drug-likeness (QED) is 0.625. The van der Waals surface area contributed by atoms with Gasteiger partial charge in [-0.05, 0) is 46.3 Å². The molecule has 0 aliphatic rings. The molecule has 0 aliphatic heterocycles. The van der Waals surface area contributed by atoms with E-state index in [0.717, 1.165) is 11.3 Å². The number of Topliss-reactive ketones (excluding diaryl/α,β-unsaturated/α-hetero) is 1. The molecular formula is C15H12OS2. The van der Waals surface area contributed by atoms with Crippen molar-refractivity contribution in [3.63, 3.8) is 0 Å². The van der Waals surface area contributed by atoms with E-state index < -0.39 is 0 Å². The summed E-state index contributed by atoms with van der Waals surface area (Å²) in [7, 11) is 0. The summed E-state index contributed by atoms with van der Waals surface area (Å²) in [4.78, 5) is 13.0. The maximum Gasteiger partial charge on any atom is 0.173 e. The summed E-state index contributed by atoms with van der Waals surface area (Å²) in [6.45, 7) is 0. The SMILES string of the molecule is O=C(CCc1ccsc1)c1cc2ccccc2s1. The smallest absolute Gasteiger partial charge is 0.173 e. The predicted molar refractivity (Wildman–Crippen MR) is 78.8 cm³/mol. The maximum atomic E-state index is 12.1. The van der Waals surface area contributed by atoms with Crippen LogP contribution in [0.25, 0.3) is 10.1 Å². The van der Waals surface area contributed by atoms with E-state index in [1.165, 1.54) is 15.6 Å². The monoisotopic (exact) mass is 272 g/mol. The minimum Gasteiger partial charge on any atom is -0.293 e. The number of aryl methyl sites for hydroxylation is 1. The van der Waals surface area contributed by atoms with Gasteiger partial charge in [0.1, 0.15) is 0 Å². The van der Waals surface area contributed by atoms with Crippen LogP contribution in [-0.2, 0) is 6.42 Å². The highest BCUT2D eigenvalue weighted by molar-refractivity contribution is 7.20. The van der Waals surface area contributed by atoms with Crippen LogP contribution in [0, 0.1) is 0 Å². The topological polar surface area (TPSA) is 17.1 Å². The lowest BCUT2D eigenvalue weighted by Crippen LogP contribution is -1.97. The van der Waals surface area contributed by atoms with Gasteiger partial charge >= 0.3 is 0 Å². The molecule has 1 nitrogen and oxygen atoms in total. The number of thiophene rings is 2. The highest BCUT2D eigenvalue weighted by atomic mass is 32.1. The highest BCUT2D eigenvalue weighted by Gasteiger charge is 2.10. The average Bonchev–Trinajstić information content (AvgIpc) is 3.04. The first-order valence-electron chi connectivity index (χ1n) is 5.86. The fourth-order valence-corrected chi connectivity index (χ4v) is 3.67. The Bertz CT molecular complexity index is 632. The van der Waals surface area contributed by atoms with Crippen molar-refractivity contribution in [2.75, 3.05) is 0 Å². The van der Waals surface area contributed by atoms with Crippen molar-refractivity contribution in [1.82, 2.24) is 0 Å². The van der Waals surface area contributed by atoms with Crippen LogP contribution in [0.4, 0.5) is 0 Å². The summed E-state index contributed by atoms with van der Waals surface area (Å²) in [6.07, 6.45) is 1.44. The number of carbonyl (C=O) groups excluding carboxylic acids is 1. The zero-order valence-electron chi connectivity index (χ0n) is 9.76. The molecule has 0 bridgehead atoms. The number of benzene rings is 1. The van der Waals surface area contributed by atoms with Crippen LogP contribution in [0.1, 0.15) is 21.7 Å². The van der Waals surface area contributed by atoms with Gasteiger partial charge in [-0.1, -0.05) is 18.2 Å². The molecule has 0 N–H and O–H groups in total. The summed E-state index contributed by atoms with van der Waals surface area (Å²) < 4.78 is 1.19. The van der Waals surface area contributed by atoms with Crippen LogP contribution >= 0.6 is 22.7 Å². The number of rotatable bonds is 4. The van der Waals surface area contributed by atoms with Gasteiger partial charge in [-0.2, -0.15) is 11.3 Å². The predicted octanol–water partition coefficient (Wildman–Crippen LogP) is 4.78. The van der Waals surface area contributed by atoms with Gasteiger partial charge in [-0.15, -0.1) is 11.3 Å². The Morgan fingerprint density at radius 3 is 2.83 bits per heavy atom. The van der Waals surface area contributed by atoms with E-state index in [9.17, 15) is 4.79 Å². The fourth-order valence-electron chi connectivity index (χ4n) is 1.94. The molecule has 0 saturated heterocycles. The molecule has 0 radical (unpaired) electrons. The van der Waals surface area contributed by atoms with E-state index in [1.807, 2.05) is 18.2 Å². The number of fused-ring (bicyclic) bond motifs is 1. The first-order chi connectivity index (χ1) is 8.83. The Kier molecular flexibility index (Phi) is 3.26. The molecule has 90 valence electrons. The van der Waals surface area contributed by atoms with Crippen LogP contribution in [-0.4, -0.2) is 5.78 Å². The van der Waals surface area contributed by atoms with Gasteiger partial charge in [-0.25, -0.2) is 0 Å². The van der Waals surface area contributed by atoms with Crippen molar-refractivity contribution in [3.8, 4) is 0 Å².